The van der Waals surface area contributed by atoms with Crippen LogP contribution in [0.3, 0.4) is 0 Å². The zero-order valence-corrected chi connectivity index (χ0v) is 25.7. The fraction of sp³-hybridized carbons (Fsp3) is 0.122. The van der Waals surface area contributed by atoms with Crippen molar-refractivity contribution >= 4 is 49.3 Å². The van der Waals surface area contributed by atoms with Gasteiger partial charge in [0.1, 0.15) is 17.1 Å². The topological polar surface area (TPSA) is 52.6 Å². The van der Waals surface area contributed by atoms with Crippen molar-refractivity contribution in [3.8, 4) is 34.0 Å². The number of aromatic nitrogens is 3. The van der Waals surface area contributed by atoms with Crippen LogP contribution < -0.4 is 4.74 Å². The van der Waals surface area contributed by atoms with Crippen molar-refractivity contribution in [1.82, 2.24) is 14.4 Å². The lowest BCUT2D eigenvalue weighted by Gasteiger charge is -2.18. The molecule has 0 amide bonds. The number of benzene rings is 4. The minimum Gasteiger partial charge on any atom is -0.457 e. The number of ether oxygens (including phenoxy) is 1. The zero-order chi connectivity index (χ0) is 32.8. The van der Waals surface area contributed by atoms with E-state index in [1.807, 2.05) is 81.4 Å². The van der Waals surface area contributed by atoms with Gasteiger partial charge in [-0.3, -0.25) is 14.4 Å². The van der Waals surface area contributed by atoms with E-state index in [2.05, 4.69) is 51.8 Å². The van der Waals surface area contributed by atoms with E-state index in [-0.39, 0.29) is 0 Å². The van der Waals surface area contributed by atoms with Crippen LogP contribution in [-0.2, 0) is 6.37 Å². The van der Waals surface area contributed by atoms with Gasteiger partial charge in [0.25, 0.3) is 0 Å². The van der Waals surface area contributed by atoms with Crippen LogP contribution in [0.1, 0.15) is 29.1 Å². The molecule has 4 aromatic carbocycles. The molecule has 0 atom stereocenters. The molecule has 0 radical (unpaired) electrons. The first-order chi connectivity index (χ1) is 23.2. The first kappa shape index (κ1) is 24.6. The minimum absolute atomic E-state index is 0.560. The summed E-state index contributed by atoms with van der Waals surface area (Å²) in [5, 5.41) is 5.37. The van der Waals surface area contributed by atoms with Crippen LogP contribution in [0.25, 0.3) is 71.8 Å². The normalized spacial score (nSPS) is 13.3. The fourth-order valence-electron chi connectivity index (χ4n) is 6.74. The summed E-state index contributed by atoms with van der Waals surface area (Å²) in [5.41, 5.74) is 6.75. The average Bonchev–Trinajstić information content (AvgIpc) is 3.74. The van der Waals surface area contributed by atoms with Gasteiger partial charge in [0.05, 0.1) is 27.8 Å². The van der Waals surface area contributed by atoms with Crippen LogP contribution in [0.2, 0.25) is 0 Å². The highest BCUT2D eigenvalue weighted by molar-refractivity contribution is 6.28. The van der Waals surface area contributed by atoms with Gasteiger partial charge in [-0.05, 0) is 71.9 Å². The summed E-state index contributed by atoms with van der Waals surface area (Å²) in [5.74, 6) is 1.30. The van der Waals surface area contributed by atoms with Gasteiger partial charge in [0, 0.05) is 47.8 Å². The molecule has 0 saturated heterocycles. The number of pyridine rings is 2. The van der Waals surface area contributed by atoms with Crippen molar-refractivity contribution in [2.24, 2.45) is 5.41 Å². The van der Waals surface area contributed by atoms with Crippen LogP contribution in [0.5, 0.6) is 11.5 Å². The number of para-hydroxylation sites is 2. The first-order valence-corrected chi connectivity index (χ1v) is 15.5. The lowest BCUT2D eigenvalue weighted by molar-refractivity contribution is 0.411. The maximum Gasteiger partial charge on any atom is 0.213 e. The van der Waals surface area contributed by atoms with E-state index < -0.39 is 11.8 Å². The molecule has 0 bridgehead atoms. The minimum atomic E-state index is -1.59. The average molecular weight is 600 g/mol. The maximum absolute atomic E-state index is 8.99. The van der Waals surface area contributed by atoms with Gasteiger partial charge >= 0.3 is 0 Å². The van der Waals surface area contributed by atoms with Crippen LogP contribution >= 0.6 is 0 Å². The Kier molecular flexibility index (Phi) is 5.31. The highest BCUT2D eigenvalue weighted by Crippen LogP contribution is 2.46. The Hall–Kier alpha value is -5.68. The molecular formula is C41H31N3O2. The molecular weight excluding hydrogens is 566 g/mol. The summed E-state index contributed by atoms with van der Waals surface area (Å²) in [7, 11) is 0. The second-order valence-electron chi connectivity index (χ2n) is 12.8. The molecule has 0 aliphatic rings. The molecule has 222 valence electrons. The van der Waals surface area contributed by atoms with Crippen LogP contribution in [-0.4, -0.2) is 14.4 Å². The van der Waals surface area contributed by atoms with E-state index in [1.165, 1.54) is 10.8 Å². The van der Waals surface area contributed by atoms with Gasteiger partial charge in [-0.2, -0.15) is 0 Å². The van der Waals surface area contributed by atoms with E-state index in [1.54, 1.807) is 18.5 Å². The molecule has 5 heteroatoms. The summed E-state index contributed by atoms with van der Waals surface area (Å²) in [6, 6.07) is 36.2. The van der Waals surface area contributed by atoms with Crippen LogP contribution in [0.15, 0.2) is 126 Å². The molecule has 0 unspecified atom stereocenters. The van der Waals surface area contributed by atoms with E-state index >= 15 is 0 Å². The molecule has 0 aliphatic heterocycles. The number of nitrogens with zero attached hydrogens (tertiary/aromatic N) is 3. The number of fused-ring (bicyclic) bond motifs is 8. The smallest absolute Gasteiger partial charge is 0.213 e. The predicted molar refractivity (Wildman–Crippen MR) is 187 cm³/mol. The van der Waals surface area contributed by atoms with E-state index in [4.69, 9.17) is 16.9 Å². The van der Waals surface area contributed by atoms with Gasteiger partial charge < -0.3 is 9.15 Å². The van der Waals surface area contributed by atoms with Crippen LogP contribution in [0.4, 0.5) is 0 Å². The van der Waals surface area contributed by atoms with Crippen molar-refractivity contribution in [2.45, 2.75) is 27.1 Å². The number of hydrogen-bond donors (Lipinski definition) is 0. The summed E-state index contributed by atoms with van der Waals surface area (Å²) in [4.78, 5) is 9.28. The Morgan fingerprint density at radius 2 is 1.52 bits per heavy atom. The molecule has 0 N–H and O–H groups in total. The van der Waals surface area contributed by atoms with Gasteiger partial charge in [0.15, 0.2) is 0 Å². The monoisotopic (exact) mass is 599 g/mol. The lowest BCUT2D eigenvalue weighted by atomic mass is 9.88. The van der Waals surface area contributed by atoms with E-state index in [9.17, 15) is 0 Å². The molecule has 5 heterocycles. The SMILES string of the molecule is [2H]C([2H])(c1ccnc(-c2cc(Oc3cccc(-c4ccccn4)c3)cc3c2oc2c3c3cccc4c5ccccc5n2c43)c1)C(C)(C)C. The largest absolute Gasteiger partial charge is 0.457 e. The second-order valence-corrected chi connectivity index (χ2v) is 12.8. The van der Waals surface area contributed by atoms with Gasteiger partial charge in [-0.15, -0.1) is 0 Å². The Morgan fingerprint density at radius 3 is 2.39 bits per heavy atom. The van der Waals surface area contributed by atoms with Crippen molar-refractivity contribution in [3.63, 3.8) is 0 Å². The Balaban J connectivity index is 1.31. The summed E-state index contributed by atoms with van der Waals surface area (Å²) in [6.45, 7) is 5.74. The molecule has 9 aromatic rings. The molecule has 5 nitrogen and oxygen atoms in total. The Labute approximate surface area is 268 Å². The third-order valence-corrected chi connectivity index (χ3v) is 8.50. The van der Waals surface area contributed by atoms with Crippen molar-refractivity contribution in [3.05, 3.63) is 127 Å². The van der Waals surface area contributed by atoms with Crippen molar-refractivity contribution < 1.29 is 11.9 Å². The number of hydrogen-bond acceptors (Lipinski definition) is 4. The maximum atomic E-state index is 8.99. The third kappa shape index (κ3) is 4.23. The Morgan fingerprint density at radius 1 is 0.717 bits per heavy atom. The fourth-order valence-corrected chi connectivity index (χ4v) is 6.74. The quantitative estimate of drug-likeness (QED) is 0.197. The number of furan rings is 1. The van der Waals surface area contributed by atoms with Crippen LogP contribution in [0, 0.1) is 5.41 Å². The second kappa shape index (κ2) is 9.91. The summed E-state index contributed by atoms with van der Waals surface area (Å²) >= 11 is 0. The van der Waals surface area contributed by atoms with Crippen molar-refractivity contribution in [2.75, 3.05) is 0 Å². The molecule has 0 fully saturated rings. The zero-order valence-electron chi connectivity index (χ0n) is 27.7. The molecule has 9 rings (SSSR count). The molecule has 0 aliphatic carbocycles. The molecule has 5 aromatic heterocycles. The van der Waals surface area contributed by atoms with E-state index in [0.717, 1.165) is 49.7 Å². The van der Waals surface area contributed by atoms with Gasteiger partial charge in [-0.25, -0.2) is 0 Å². The molecule has 0 saturated carbocycles. The standard InChI is InChI=1S/C41H31N3O2/c1-41(2,3)24-25-17-19-43-35(20-25)32-22-28(45-27-11-8-10-26(21-27)34-15-6-7-18-42-34)23-33-37-31-14-9-13-30-29-12-4-5-16-36(29)44(38(30)31)40(37)46-39(32)33/h4-23H,24H2,1-3H3/i24D2. The molecule has 46 heavy (non-hydrogen) atoms. The summed E-state index contributed by atoms with van der Waals surface area (Å²) < 4.78 is 33.7. The molecule has 0 spiro atoms. The highest BCUT2D eigenvalue weighted by Gasteiger charge is 2.25. The predicted octanol–water partition coefficient (Wildman–Crippen LogP) is 11.1. The number of rotatable bonds is 5. The lowest BCUT2D eigenvalue weighted by Crippen LogP contribution is -2.09. The summed E-state index contributed by atoms with van der Waals surface area (Å²) in [6.07, 6.45) is 1.87. The van der Waals surface area contributed by atoms with Gasteiger partial charge in [-0.1, -0.05) is 75.4 Å². The van der Waals surface area contributed by atoms with E-state index in [0.29, 0.717) is 28.3 Å². The van der Waals surface area contributed by atoms with Crippen molar-refractivity contribution in [1.29, 1.82) is 0 Å². The highest BCUT2D eigenvalue weighted by atomic mass is 16.5. The first-order valence-electron chi connectivity index (χ1n) is 16.5. The third-order valence-electron chi connectivity index (χ3n) is 8.50. The van der Waals surface area contributed by atoms with Gasteiger partial charge in [0.2, 0.25) is 5.71 Å². The Bertz CT molecular complexity index is 2670.